The molecular formula is C15H12Cl2F3NO3S2. The molecule has 4 nitrogen and oxygen atoms in total. The van der Waals surface area contributed by atoms with Crippen LogP contribution in [-0.2, 0) is 10.0 Å². The Morgan fingerprint density at radius 2 is 1.81 bits per heavy atom. The lowest BCUT2D eigenvalue weighted by atomic mass is 9.85. The number of rotatable bonds is 5. The van der Waals surface area contributed by atoms with Gasteiger partial charge in [-0.2, -0.15) is 17.5 Å². The smallest absolute Gasteiger partial charge is 0.394 e. The highest BCUT2D eigenvalue weighted by atomic mass is 35.5. The molecular weight excluding hydrogens is 434 g/mol. The molecule has 1 N–H and O–H groups in total. The van der Waals surface area contributed by atoms with Crippen LogP contribution in [0.2, 0.25) is 9.36 Å². The molecule has 26 heavy (non-hydrogen) atoms. The summed E-state index contributed by atoms with van der Waals surface area (Å²) in [5.41, 5.74) is -2.17. The predicted octanol–water partition coefficient (Wildman–Crippen LogP) is 4.14. The number of alkyl halides is 3. The minimum Gasteiger partial charge on any atom is -0.394 e. The largest absolute Gasteiger partial charge is 0.397 e. The second kappa shape index (κ2) is 6.65. The topological polar surface area (TPSA) is 57.4 Å². The lowest BCUT2D eigenvalue weighted by Crippen LogP contribution is -2.41. The van der Waals surface area contributed by atoms with Crippen molar-refractivity contribution in [3.8, 4) is 0 Å². The molecule has 0 saturated carbocycles. The predicted molar refractivity (Wildman–Crippen MR) is 93.3 cm³/mol. The van der Waals surface area contributed by atoms with E-state index in [4.69, 9.17) is 23.2 Å². The minimum atomic E-state index is -4.77. The molecule has 1 aliphatic rings. The van der Waals surface area contributed by atoms with E-state index in [1.54, 1.807) is 0 Å². The summed E-state index contributed by atoms with van der Waals surface area (Å²) in [5, 5.41) is 9.99. The Hall–Kier alpha value is -0.840. The number of benzene rings is 1. The number of hydrogen-bond donors (Lipinski definition) is 1. The van der Waals surface area contributed by atoms with Gasteiger partial charge in [-0.25, -0.2) is 8.42 Å². The summed E-state index contributed by atoms with van der Waals surface area (Å²) in [7, 11) is -4.20. The van der Waals surface area contributed by atoms with Gasteiger partial charge >= 0.3 is 6.18 Å². The van der Waals surface area contributed by atoms with Gasteiger partial charge in [-0.3, -0.25) is 0 Å². The van der Waals surface area contributed by atoms with E-state index in [2.05, 4.69) is 0 Å². The molecule has 0 spiro atoms. The van der Waals surface area contributed by atoms with Crippen molar-refractivity contribution in [2.24, 2.45) is 0 Å². The van der Waals surface area contributed by atoms with Crippen molar-refractivity contribution in [1.82, 2.24) is 4.31 Å². The number of aliphatic hydroxyl groups is 1. The second-order valence-electron chi connectivity index (χ2n) is 5.86. The Balaban J connectivity index is 2.04. The molecule has 2 unspecified atom stereocenters. The minimum absolute atomic E-state index is 0.169. The van der Waals surface area contributed by atoms with Gasteiger partial charge in [0.15, 0.2) is 0 Å². The zero-order valence-corrected chi connectivity index (χ0v) is 16.0. The van der Waals surface area contributed by atoms with Crippen molar-refractivity contribution in [3.05, 3.63) is 51.3 Å². The summed E-state index contributed by atoms with van der Waals surface area (Å²) in [5.74, 6) is -2.19. The van der Waals surface area contributed by atoms with Crippen LogP contribution in [0, 0.1) is 0 Å². The van der Waals surface area contributed by atoms with Gasteiger partial charge in [0.05, 0.1) is 16.5 Å². The molecule has 1 fully saturated rings. The molecule has 1 aliphatic heterocycles. The van der Waals surface area contributed by atoms with E-state index < -0.39 is 40.8 Å². The van der Waals surface area contributed by atoms with Gasteiger partial charge in [-0.15, -0.1) is 11.3 Å². The van der Waals surface area contributed by atoms with Crippen LogP contribution >= 0.6 is 34.5 Å². The van der Waals surface area contributed by atoms with E-state index in [1.807, 2.05) is 0 Å². The molecule has 0 radical (unpaired) electrons. The highest BCUT2D eigenvalue weighted by Crippen LogP contribution is 2.55. The van der Waals surface area contributed by atoms with Crippen LogP contribution in [0.4, 0.5) is 13.2 Å². The molecule has 1 aromatic heterocycles. The molecule has 3 rings (SSSR count). The SMILES string of the molecule is O=S(=O)(c1ccc(Cl)s1)N1CC1(CO)[C@H](c1ccc(Cl)cc1)C(F)(F)F. The third kappa shape index (κ3) is 3.36. The molecule has 3 atom stereocenters. The molecule has 1 aromatic carbocycles. The Kier molecular flexibility index (Phi) is 5.09. The van der Waals surface area contributed by atoms with Gasteiger partial charge in [0.25, 0.3) is 10.0 Å². The molecule has 0 aliphatic carbocycles. The van der Waals surface area contributed by atoms with Crippen LogP contribution in [0.5, 0.6) is 0 Å². The first kappa shape index (κ1) is 19.9. The van der Waals surface area contributed by atoms with Crippen molar-refractivity contribution in [3.63, 3.8) is 0 Å². The zero-order valence-electron chi connectivity index (χ0n) is 12.9. The van der Waals surface area contributed by atoms with Crippen LogP contribution < -0.4 is 0 Å². The van der Waals surface area contributed by atoms with Gasteiger partial charge in [-0.05, 0) is 29.8 Å². The average Bonchev–Trinajstić information content (AvgIpc) is 3.13. The second-order valence-corrected chi connectivity index (χ2v) is 10.1. The van der Waals surface area contributed by atoms with Crippen molar-refractivity contribution >= 4 is 44.6 Å². The first-order valence-corrected chi connectivity index (χ1v) is 10.2. The quantitative estimate of drug-likeness (QED) is 0.703. The van der Waals surface area contributed by atoms with Crippen LogP contribution in [0.1, 0.15) is 11.5 Å². The van der Waals surface area contributed by atoms with Crippen molar-refractivity contribution in [2.45, 2.75) is 21.8 Å². The molecule has 142 valence electrons. The number of thiophene rings is 1. The number of aliphatic hydroxyl groups excluding tert-OH is 1. The summed E-state index contributed by atoms with van der Waals surface area (Å²) in [6.07, 6.45) is -4.77. The standard InChI is InChI=1S/C15H12Cl2F3NO3S2/c16-10-3-1-9(2-4-10)13(15(18,19)20)14(8-22)7-21(14)26(23,24)12-6-5-11(17)25-12/h1-6,13,22H,7-8H2/t13-,14?,21?/m0/s1. The Morgan fingerprint density at radius 1 is 1.19 bits per heavy atom. The number of hydrogen-bond acceptors (Lipinski definition) is 4. The fraction of sp³-hybridized carbons (Fsp3) is 0.333. The fourth-order valence-corrected chi connectivity index (χ4v) is 6.49. The molecule has 11 heteroatoms. The van der Waals surface area contributed by atoms with Gasteiger partial charge in [0.1, 0.15) is 10.1 Å². The Morgan fingerprint density at radius 3 is 2.27 bits per heavy atom. The third-order valence-corrected chi connectivity index (χ3v) is 8.12. The monoisotopic (exact) mass is 445 g/mol. The molecule has 1 saturated heterocycles. The summed E-state index contributed by atoms with van der Waals surface area (Å²) in [6, 6.07) is 7.53. The molecule has 0 amide bonds. The van der Waals surface area contributed by atoms with E-state index in [-0.39, 0.29) is 19.1 Å². The average molecular weight is 446 g/mol. The first-order valence-electron chi connectivity index (χ1n) is 7.23. The molecule has 2 aromatic rings. The lowest BCUT2D eigenvalue weighted by molar-refractivity contribution is -0.162. The van der Waals surface area contributed by atoms with Gasteiger partial charge < -0.3 is 5.11 Å². The summed E-state index contributed by atoms with van der Waals surface area (Å²) in [4.78, 5) is 0. The summed E-state index contributed by atoms with van der Waals surface area (Å²) in [6.45, 7) is -1.42. The van der Waals surface area contributed by atoms with Crippen molar-refractivity contribution < 1.29 is 26.7 Å². The van der Waals surface area contributed by atoms with Crippen LogP contribution in [0.25, 0.3) is 0 Å². The van der Waals surface area contributed by atoms with E-state index in [0.717, 1.165) is 11.3 Å². The van der Waals surface area contributed by atoms with Gasteiger partial charge in [0.2, 0.25) is 0 Å². The van der Waals surface area contributed by atoms with E-state index in [1.165, 1.54) is 36.4 Å². The van der Waals surface area contributed by atoms with E-state index in [0.29, 0.717) is 4.31 Å². The number of halogens is 5. The lowest BCUT2D eigenvalue weighted by Gasteiger charge is -2.28. The summed E-state index contributed by atoms with van der Waals surface area (Å²) < 4.78 is 67.5. The van der Waals surface area contributed by atoms with Crippen LogP contribution in [0.3, 0.4) is 0 Å². The maximum Gasteiger partial charge on any atom is 0.397 e. The van der Waals surface area contributed by atoms with Crippen molar-refractivity contribution in [1.29, 1.82) is 0 Å². The third-order valence-electron chi connectivity index (χ3n) is 4.25. The van der Waals surface area contributed by atoms with Gasteiger partial charge in [0, 0.05) is 11.6 Å². The van der Waals surface area contributed by atoms with Crippen molar-refractivity contribution in [2.75, 3.05) is 13.2 Å². The normalized spacial score (nSPS) is 24.5. The summed E-state index contributed by atoms with van der Waals surface area (Å²) >= 11 is 12.2. The maximum atomic E-state index is 13.8. The van der Waals surface area contributed by atoms with Crippen LogP contribution in [0.15, 0.2) is 40.6 Å². The number of sulfonamides is 1. The fourth-order valence-electron chi connectivity index (χ4n) is 3.00. The molecule has 2 heterocycles. The Bertz CT molecular complexity index is 915. The highest BCUT2D eigenvalue weighted by Gasteiger charge is 2.69. The van der Waals surface area contributed by atoms with E-state index >= 15 is 0 Å². The zero-order chi connectivity index (χ0) is 19.3. The maximum absolute atomic E-state index is 13.8. The first-order chi connectivity index (χ1) is 12.0. The molecule has 0 bridgehead atoms. The number of nitrogens with zero attached hydrogens (tertiary/aromatic N) is 1. The van der Waals surface area contributed by atoms with Gasteiger partial charge in [-0.1, -0.05) is 35.3 Å². The van der Waals surface area contributed by atoms with Crippen LogP contribution in [-0.4, -0.2) is 42.7 Å². The highest BCUT2D eigenvalue weighted by molar-refractivity contribution is 7.91. The van der Waals surface area contributed by atoms with E-state index in [9.17, 15) is 26.7 Å². The Labute approximate surface area is 161 Å².